The van der Waals surface area contributed by atoms with E-state index in [-0.39, 0.29) is 6.04 Å². The van der Waals surface area contributed by atoms with Crippen molar-refractivity contribution in [3.05, 3.63) is 23.5 Å². The average Bonchev–Trinajstić information content (AvgIpc) is 2.59. The molecule has 14 heavy (non-hydrogen) atoms. The molecule has 0 unspecified atom stereocenters. The molecule has 0 amide bonds. The van der Waals surface area contributed by atoms with Crippen LogP contribution in [0.5, 0.6) is 0 Å². The largest absolute Gasteiger partial charge is 0.477 e. The molecule has 0 fully saturated rings. The Hall–Kier alpha value is -1.25. The van der Waals surface area contributed by atoms with Crippen molar-refractivity contribution in [2.75, 3.05) is 0 Å². The van der Waals surface area contributed by atoms with Crippen LogP contribution >= 0.6 is 0 Å². The van der Waals surface area contributed by atoms with Crippen LogP contribution in [0.1, 0.15) is 49.4 Å². The molecule has 0 saturated heterocycles. The minimum absolute atomic E-state index is 0.256. The normalized spacial score (nSPS) is 12.8. The van der Waals surface area contributed by atoms with E-state index in [4.69, 9.17) is 5.11 Å². The van der Waals surface area contributed by atoms with Gasteiger partial charge < -0.3 is 9.67 Å². The maximum absolute atomic E-state index is 11.0. The zero-order chi connectivity index (χ0) is 10.7. The number of aromatic carboxylic acids is 1. The Bertz CT molecular complexity index is 328. The third-order valence-corrected chi connectivity index (χ3v) is 2.62. The first-order chi connectivity index (χ1) is 6.61. The summed E-state index contributed by atoms with van der Waals surface area (Å²) in [6.45, 7) is 6.15. The predicted molar refractivity (Wildman–Crippen MR) is 55.8 cm³/mol. The second kappa shape index (κ2) is 4.31. The minimum Gasteiger partial charge on any atom is -0.477 e. The lowest BCUT2D eigenvalue weighted by atomic mass is 10.2. The average molecular weight is 195 g/mol. The molecular weight excluding hydrogens is 178 g/mol. The zero-order valence-electron chi connectivity index (χ0n) is 8.95. The van der Waals surface area contributed by atoms with Crippen LogP contribution in [0.25, 0.3) is 0 Å². The van der Waals surface area contributed by atoms with E-state index in [0.29, 0.717) is 5.69 Å². The molecule has 1 atom stereocenters. The van der Waals surface area contributed by atoms with E-state index in [2.05, 4.69) is 6.92 Å². The van der Waals surface area contributed by atoms with Crippen LogP contribution in [0.4, 0.5) is 0 Å². The highest BCUT2D eigenvalue weighted by Gasteiger charge is 2.16. The fourth-order valence-corrected chi connectivity index (χ4v) is 1.66. The molecule has 0 aliphatic heterocycles. The smallest absolute Gasteiger partial charge is 0.352 e. The number of carboxylic acids is 1. The minimum atomic E-state index is -0.843. The molecule has 0 aromatic carbocycles. The van der Waals surface area contributed by atoms with Crippen molar-refractivity contribution >= 4 is 5.97 Å². The third kappa shape index (κ3) is 1.81. The maximum atomic E-state index is 11.0. The SMILES string of the molecule is CCc1ccc(C(=O)O)n1[C@@H](C)CC. The van der Waals surface area contributed by atoms with Gasteiger partial charge in [0.05, 0.1) is 0 Å². The van der Waals surface area contributed by atoms with E-state index < -0.39 is 5.97 Å². The Morgan fingerprint density at radius 3 is 2.57 bits per heavy atom. The number of carbonyl (C=O) groups is 1. The summed E-state index contributed by atoms with van der Waals surface area (Å²) in [6.07, 6.45) is 1.82. The third-order valence-electron chi connectivity index (χ3n) is 2.62. The van der Waals surface area contributed by atoms with E-state index in [1.165, 1.54) is 0 Å². The Balaban J connectivity index is 3.19. The fraction of sp³-hybridized carbons (Fsp3) is 0.545. The van der Waals surface area contributed by atoms with Crippen molar-refractivity contribution in [2.24, 2.45) is 0 Å². The first kappa shape index (κ1) is 10.8. The molecule has 1 rings (SSSR count). The van der Waals surface area contributed by atoms with Crippen LogP contribution in [-0.2, 0) is 6.42 Å². The molecule has 0 spiro atoms. The molecule has 0 radical (unpaired) electrons. The number of aromatic nitrogens is 1. The Labute approximate surface area is 84.4 Å². The number of hydrogen-bond acceptors (Lipinski definition) is 1. The first-order valence-electron chi connectivity index (χ1n) is 5.05. The summed E-state index contributed by atoms with van der Waals surface area (Å²) in [7, 11) is 0. The van der Waals surface area contributed by atoms with Crippen LogP contribution in [-0.4, -0.2) is 15.6 Å². The van der Waals surface area contributed by atoms with Crippen molar-refractivity contribution < 1.29 is 9.90 Å². The highest BCUT2D eigenvalue weighted by atomic mass is 16.4. The molecule has 1 aromatic heterocycles. The van der Waals surface area contributed by atoms with Crippen molar-refractivity contribution in [1.29, 1.82) is 0 Å². The van der Waals surface area contributed by atoms with Crippen molar-refractivity contribution in [3.63, 3.8) is 0 Å². The van der Waals surface area contributed by atoms with E-state index in [0.717, 1.165) is 18.5 Å². The Morgan fingerprint density at radius 1 is 1.50 bits per heavy atom. The summed E-state index contributed by atoms with van der Waals surface area (Å²) < 4.78 is 1.92. The zero-order valence-corrected chi connectivity index (χ0v) is 8.95. The molecule has 1 heterocycles. The second-order valence-electron chi connectivity index (χ2n) is 3.50. The van der Waals surface area contributed by atoms with E-state index in [9.17, 15) is 4.79 Å². The van der Waals surface area contributed by atoms with Gasteiger partial charge in [-0.1, -0.05) is 13.8 Å². The van der Waals surface area contributed by atoms with Crippen LogP contribution in [0, 0.1) is 0 Å². The molecule has 3 nitrogen and oxygen atoms in total. The monoisotopic (exact) mass is 195 g/mol. The van der Waals surface area contributed by atoms with Crippen molar-refractivity contribution in [2.45, 2.75) is 39.7 Å². The summed E-state index contributed by atoms with van der Waals surface area (Å²) in [6, 6.07) is 3.84. The van der Waals surface area contributed by atoms with Gasteiger partial charge in [0.25, 0.3) is 0 Å². The van der Waals surface area contributed by atoms with Crippen molar-refractivity contribution in [3.8, 4) is 0 Å². The summed E-state index contributed by atoms with van der Waals surface area (Å²) >= 11 is 0. The molecule has 0 saturated carbocycles. The Kier molecular flexibility index (Phi) is 3.33. The molecule has 1 aromatic rings. The molecule has 0 bridgehead atoms. The molecule has 1 N–H and O–H groups in total. The van der Waals surface area contributed by atoms with Gasteiger partial charge in [0.1, 0.15) is 5.69 Å². The second-order valence-corrected chi connectivity index (χ2v) is 3.50. The first-order valence-corrected chi connectivity index (χ1v) is 5.05. The van der Waals surface area contributed by atoms with Crippen LogP contribution in [0.3, 0.4) is 0 Å². The Morgan fingerprint density at radius 2 is 2.14 bits per heavy atom. The summed E-state index contributed by atoms with van der Waals surface area (Å²) in [5.74, 6) is -0.843. The molecular formula is C11H17NO2. The lowest BCUT2D eigenvalue weighted by Crippen LogP contribution is -2.14. The van der Waals surface area contributed by atoms with Crippen molar-refractivity contribution in [1.82, 2.24) is 4.57 Å². The van der Waals surface area contributed by atoms with Gasteiger partial charge >= 0.3 is 5.97 Å². The van der Waals surface area contributed by atoms with E-state index >= 15 is 0 Å². The van der Waals surface area contributed by atoms with Gasteiger partial charge in [0.15, 0.2) is 0 Å². The fourth-order valence-electron chi connectivity index (χ4n) is 1.66. The van der Waals surface area contributed by atoms with Crippen LogP contribution in [0.2, 0.25) is 0 Å². The van der Waals surface area contributed by atoms with E-state index in [1.54, 1.807) is 6.07 Å². The molecule has 78 valence electrons. The lowest BCUT2D eigenvalue weighted by Gasteiger charge is -2.17. The summed E-state index contributed by atoms with van der Waals surface area (Å²) in [5, 5.41) is 9.00. The maximum Gasteiger partial charge on any atom is 0.352 e. The quantitative estimate of drug-likeness (QED) is 0.802. The van der Waals surface area contributed by atoms with Gasteiger partial charge in [-0.25, -0.2) is 4.79 Å². The number of rotatable bonds is 4. The standard InChI is InChI=1S/C11H17NO2/c1-4-8(3)12-9(5-2)6-7-10(12)11(13)14/h6-8H,4-5H2,1-3H3,(H,13,14)/t8-/m0/s1. The summed E-state index contributed by atoms with van der Waals surface area (Å²) in [5.41, 5.74) is 1.49. The summed E-state index contributed by atoms with van der Waals surface area (Å²) in [4.78, 5) is 11.0. The predicted octanol–water partition coefficient (Wildman–Crippen LogP) is 2.72. The number of aryl methyl sites for hydroxylation is 1. The molecule has 3 heteroatoms. The number of carboxylic acid groups (broad SMARTS) is 1. The van der Waals surface area contributed by atoms with Crippen LogP contribution < -0.4 is 0 Å². The number of nitrogens with zero attached hydrogens (tertiary/aromatic N) is 1. The lowest BCUT2D eigenvalue weighted by molar-refractivity contribution is 0.0682. The van der Waals surface area contributed by atoms with Gasteiger partial charge in [-0.2, -0.15) is 0 Å². The number of hydrogen-bond donors (Lipinski definition) is 1. The van der Waals surface area contributed by atoms with Gasteiger partial charge in [0.2, 0.25) is 0 Å². The highest BCUT2D eigenvalue weighted by molar-refractivity contribution is 5.86. The molecule has 0 aliphatic rings. The molecule has 0 aliphatic carbocycles. The van der Waals surface area contributed by atoms with E-state index in [1.807, 2.05) is 24.5 Å². The van der Waals surface area contributed by atoms with Gasteiger partial charge in [-0.05, 0) is 31.9 Å². The van der Waals surface area contributed by atoms with Crippen LogP contribution in [0.15, 0.2) is 12.1 Å². The topological polar surface area (TPSA) is 42.2 Å². The van der Waals surface area contributed by atoms with Gasteiger partial charge in [-0.15, -0.1) is 0 Å². The van der Waals surface area contributed by atoms with Gasteiger partial charge in [0, 0.05) is 11.7 Å². The van der Waals surface area contributed by atoms with Gasteiger partial charge in [-0.3, -0.25) is 0 Å². The highest BCUT2D eigenvalue weighted by Crippen LogP contribution is 2.19.